The summed E-state index contributed by atoms with van der Waals surface area (Å²) in [7, 11) is 0. The second-order valence-corrected chi connectivity index (χ2v) is 6.22. The maximum absolute atomic E-state index is 11.0. The molecular formula is C16H23N3O3. The van der Waals surface area contributed by atoms with Gasteiger partial charge in [-0.1, -0.05) is 19.3 Å². The third-order valence-electron chi connectivity index (χ3n) is 4.53. The molecule has 3 rings (SSSR count). The number of carboxylic acid groups (broad SMARTS) is 1. The molecule has 1 aliphatic heterocycles. The van der Waals surface area contributed by atoms with Crippen LogP contribution in [0.1, 0.15) is 49.4 Å². The van der Waals surface area contributed by atoms with Gasteiger partial charge in [-0.3, -0.25) is 4.90 Å². The average Bonchev–Trinajstić information content (AvgIpc) is 2.56. The SMILES string of the molecule is O=C(O)[C@H]1CN(Cc2cnc(C3CCCCC3)nc2)CCO1. The smallest absolute Gasteiger partial charge is 0.334 e. The summed E-state index contributed by atoms with van der Waals surface area (Å²) in [5.41, 5.74) is 1.03. The van der Waals surface area contributed by atoms with Gasteiger partial charge in [-0.15, -0.1) is 0 Å². The fraction of sp³-hybridized carbons (Fsp3) is 0.688. The number of nitrogens with zero attached hydrogens (tertiary/aromatic N) is 3. The molecule has 0 radical (unpaired) electrons. The number of rotatable bonds is 4. The molecule has 0 unspecified atom stereocenters. The first-order valence-electron chi connectivity index (χ1n) is 8.10. The van der Waals surface area contributed by atoms with Crippen molar-refractivity contribution in [2.24, 2.45) is 0 Å². The van der Waals surface area contributed by atoms with Gasteiger partial charge in [0, 0.05) is 43.5 Å². The Bertz CT molecular complexity index is 500. The standard InChI is InChI=1S/C16H23N3O3/c20-16(21)14-11-19(6-7-22-14)10-12-8-17-15(18-9-12)13-4-2-1-3-5-13/h8-9,13-14H,1-7,10-11H2,(H,20,21)/t14-/m1/s1. The topological polar surface area (TPSA) is 75.5 Å². The van der Waals surface area contributed by atoms with Crippen molar-refractivity contribution in [3.05, 3.63) is 23.8 Å². The van der Waals surface area contributed by atoms with Crippen LogP contribution in [-0.4, -0.2) is 51.7 Å². The largest absolute Gasteiger partial charge is 0.479 e. The van der Waals surface area contributed by atoms with Gasteiger partial charge in [-0.05, 0) is 12.8 Å². The molecule has 0 aromatic carbocycles. The van der Waals surface area contributed by atoms with Crippen LogP contribution in [0.25, 0.3) is 0 Å². The maximum atomic E-state index is 11.0. The predicted molar refractivity (Wildman–Crippen MR) is 80.5 cm³/mol. The first-order chi connectivity index (χ1) is 10.7. The molecule has 22 heavy (non-hydrogen) atoms. The van der Waals surface area contributed by atoms with E-state index < -0.39 is 12.1 Å². The summed E-state index contributed by atoms with van der Waals surface area (Å²) < 4.78 is 5.23. The van der Waals surface area contributed by atoms with Crippen molar-refractivity contribution in [3.8, 4) is 0 Å². The minimum atomic E-state index is -0.895. The van der Waals surface area contributed by atoms with Crippen molar-refractivity contribution in [2.75, 3.05) is 19.7 Å². The van der Waals surface area contributed by atoms with Crippen LogP contribution < -0.4 is 0 Å². The summed E-state index contributed by atoms with van der Waals surface area (Å²) in [5.74, 6) is 0.588. The van der Waals surface area contributed by atoms with Gasteiger partial charge in [-0.2, -0.15) is 0 Å². The molecule has 1 atom stereocenters. The molecule has 120 valence electrons. The number of carboxylic acids is 1. The van der Waals surface area contributed by atoms with Gasteiger partial charge in [0.25, 0.3) is 0 Å². The van der Waals surface area contributed by atoms with Crippen molar-refractivity contribution in [1.29, 1.82) is 0 Å². The second-order valence-electron chi connectivity index (χ2n) is 6.22. The Kier molecular flexibility index (Phi) is 5.00. The number of aromatic nitrogens is 2. The van der Waals surface area contributed by atoms with E-state index in [1.54, 1.807) is 0 Å². The second kappa shape index (κ2) is 7.15. The van der Waals surface area contributed by atoms with Crippen LogP contribution in [0.4, 0.5) is 0 Å². The monoisotopic (exact) mass is 305 g/mol. The molecule has 0 amide bonds. The zero-order valence-electron chi connectivity index (χ0n) is 12.8. The Balaban J connectivity index is 1.57. The maximum Gasteiger partial charge on any atom is 0.334 e. The Morgan fingerprint density at radius 3 is 2.68 bits per heavy atom. The van der Waals surface area contributed by atoms with Gasteiger partial charge < -0.3 is 9.84 Å². The number of aliphatic carboxylic acids is 1. The molecule has 0 bridgehead atoms. The van der Waals surface area contributed by atoms with Gasteiger partial charge in [-0.25, -0.2) is 14.8 Å². The molecule has 1 aromatic rings. The lowest BCUT2D eigenvalue weighted by atomic mass is 9.89. The fourth-order valence-corrected chi connectivity index (χ4v) is 3.27. The molecule has 1 saturated heterocycles. The van der Waals surface area contributed by atoms with Crippen LogP contribution in [0.2, 0.25) is 0 Å². The fourth-order valence-electron chi connectivity index (χ4n) is 3.27. The van der Waals surface area contributed by atoms with Crippen LogP contribution >= 0.6 is 0 Å². The molecule has 1 N–H and O–H groups in total. The lowest BCUT2D eigenvalue weighted by molar-refractivity contribution is -0.156. The molecule has 6 heteroatoms. The minimum absolute atomic E-state index is 0.416. The molecule has 2 aliphatic rings. The molecule has 2 heterocycles. The van der Waals surface area contributed by atoms with E-state index in [1.165, 1.54) is 32.1 Å². The van der Waals surface area contributed by atoms with E-state index in [-0.39, 0.29) is 0 Å². The first-order valence-corrected chi connectivity index (χ1v) is 8.10. The van der Waals surface area contributed by atoms with E-state index in [9.17, 15) is 4.79 Å². The van der Waals surface area contributed by atoms with Gasteiger partial charge in [0.1, 0.15) is 5.82 Å². The van der Waals surface area contributed by atoms with Crippen LogP contribution in [0.15, 0.2) is 12.4 Å². The van der Waals surface area contributed by atoms with E-state index in [0.29, 0.717) is 25.6 Å². The molecule has 2 fully saturated rings. The Hall–Kier alpha value is -1.53. The van der Waals surface area contributed by atoms with E-state index in [0.717, 1.165) is 17.9 Å². The van der Waals surface area contributed by atoms with Crippen molar-refractivity contribution < 1.29 is 14.6 Å². The van der Waals surface area contributed by atoms with Crippen LogP contribution in [0, 0.1) is 0 Å². The van der Waals surface area contributed by atoms with Crippen LogP contribution in [0.3, 0.4) is 0 Å². The lowest BCUT2D eigenvalue weighted by Crippen LogP contribution is -2.45. The third-order valence-corrected chi connectivity index (χ3v) is 4.53. The highest BCUT2D eigenvalue weighted by Crippen LogP contribution is 2.30. The van der Waals surface area contributed by atoms with Gasteiger partial charge in [0.2, 0.25) is 0 Å². The number of ether oxygens (including phenoxy) is 1. The van der Waals surface area contributed by atoms with Gasteiger partial charge in [0.15, 0.2) is 6.10 Å². The number of morpholine rings is 1. The Labute approximate surface area is 130 Å². The van der Waals surface area contributed by atoms with E-state index in [1.807, 2.05) is 12.4 Å². The molecular weight excluding hydrogens is 282 g/mol. The van der Waals surface area contributed by atoms with Crippen LogP contribution in [0.5, 0.6) is 0 Å². The normalized spacial score (nSPS) is 24.3. The Morgan fingerprint density at radius 2 is 2.00 bits per heavy atom. The third kappa shape index (κ3) is 3.81. The average molecular weight is 305 g/mol. The van der Waals surface area contributed by atoms with Crippen molar-refractivity contribution >= 4 is 5.97 Å². The number of hydrogen-bond donors (Lipinski definition) is 1. The van der Waals surface area contributed by atoms with Gasteiger partial charge >= 0.3 is 5.97 Å². The highest BCUT2D eigenvalue weighted by atomic mass is 16.5. The predicted octanol–water partition coefficient (Wildman–Crippen LogP) is 1.81. The van der Waals surface area contributed by atoms with E-state index in [4.69, 9.17) is 9.84 Å². The lowest BCUT2D eigenvalue weighted by Gasteiger charge is -2.30. The van der Waals surface area contributed by atoms with E-state index in [2.05, 4.69) is 14.9 Å². The molecule has 6 nitrogen and oxygen atoms in total. The molecule has 1 aromatic heterocycles. The summed E-state index contributed by atoms with van der Waals surface area (Å²) in [4.78, 5) is 22.2. The first kappa shape index (κ1) is 15.4. The molecule has 0 spiro atoms. The quantitative estimate of drug-likeness (QED) is 0.914. The summed E-state index contributed by atoms with van der Waals surface area (Å²) in [5, 5.41) is 9.03. The summed E-state index contributed by atoms with van der Waals surface area (Å²) in [6.45, 7) is 2.30. The molecule has 1 aliphatic carbocycles. The summed E-state index contributed by atoms with van der Waals surface area (Å²) >= 11 is 0. The van der Waals surface area contributed by atoms with Gasteiger partial charge in [0.05, 0.1) is 6.61 Å². The zero-order valence-corrected chi connectivity index (χ0v) is 12.8. The van der Waals surface area contributed by atoms with Crippen molar-refractivity contribution in [2.45, 2.75) is 50.7 Å². The Morgan fingerprint density at radius 1 is 1.27 bits per heavy atom. The summed E-state index contributed by atoms with van der Waals surface area (Å²) in [6, 6.07) is 0. The van der Waals surface area contributed by atoms with E-state index >= 15 is 0 Å². The molecule has 1 saturated carbocycles. The zero-order chi connectivity index (χ0) is 15.4. The highest BCUT2D eigenvalue weighted by molar-refractivity contribution is 5.72. The summed E-state index contributed by atoms with van der Waals surface area (Å²) in [6.07, 6.45) is 9.34. The number of hydrogen-bond acceptors (Lipinski definition) is 5. The van der Waals surface area contributed by atoms with Crippen LogP contribution in [-0.2, 0) is 16.1 Å². The minimum Gasteiger partial charge on any atom is -0.479 e. The highest BCUT2D eigenvalue weighted by Gasteiger charge is 2.26. The number of carbonyl (C=O) groups is 1. The van der Waals surface area contributed by atoms with Crippen molar-refractivity contribution in [3.63, 3.8) is 0 Å². The van der Waals surface area contributed by atoms with Crippen molar-refractivity contribution in [1.82, 2.24) is 14.9 Å².